The molecule has 0 bridgehead atoms. The van der Waals surface area contributed by atoms with Gasteiger partial charge in [-0.25, -0.2) is 13.1 Å². The second kappa shape index (κ2) is 7.70. The summed E-state index contributed by atoms with van der Waals surface area (Å²) in [4.78, 5) is 12.6. The summed E-state index contributed by atoms with van der Waals surface area (Å²) in [6, 6.07) is 10.1. The minimum absolute atomic E-state index is 0.0754. The lowest BCUT2D eigenvalue weighted by atomic mass is 10.1. The molecule has 0 heterocycles. The zero-order valence-corrected chi connectivity index (χ0v) is 17.3. The van der Waals surface area contributed by atoms with Crippen LogP contribution in [0.25, 0.3) is 0 Å². The van der Waals surface area contributed by atoms with E-state index >= 15 is 0 Å². The van der Waals surface area contributed by atoms with Crippen molar-refractivity contribution in [2.45, 2.75) is 45.1 Å². The first kappa shape index (κ1) is 20.9. The van der Waals surface area contributed by atoms with Gasteiger partial charge >= 0.3 is 0 Å². The van der Waals surface area contributed by atoms with Gasteiger partial charge in [0, 0.05) is 16.8 Å². The number of ether oxygens (including phenoxy) is 1. The number of carbonyl (C=O) groups is 1. The van der Waals surface area contributed by atoms with Gasteiger partial charge in [0.1, 0.15) is 10.6 Å². The van der Waals surface area contributed by atoms with Gasteiger partial charge in [0.25, 0.3) is 5.91 Å². The molecule has 2 rings (SSSR count). The van der Waals surface area contributed by atoms with Crippen molar-refractivity contribution < 1.29 is 17.9 Å². The molecule has 0 aromatic heterocycles. The van der Waals surface area contributed by atoms with Crippen LogP contribution < -0.4 is 14.8 Å². The predicted octanol–water partition coefficient (Wildman–Crippen LogP) is 3.64. The van der Waals surface area contributed by atoms with Crippen molar-refractivity contribution >= 4 is 21.6 Å². The lowest BCUT2D eigenvalue weighted by molar-refractivity contribution is 0.102. The molecule has 6 nitrogen and oxygen atoms in total. The Labute approximate surface area is 161 Å². The summed E-state index contributed by atoms with van der Waals surface area (Å²) in [5.74, 6) is -0.214. The number of methoxy groups -OCH3 is 1. The van der Waals surface area contributed by atoms with Gasteiger partial charge in [-0.2, -0.15) is 0 Å². The highest BCUT2D eigenvalue weighted by atomic mass is 32.2. The number of carbonyl (C=O) groups excluding carboxylic acids is 1. The van der Waals surface area contributed by atoms with Crippen molar-refractivity contribution in [3.8, 4) is 5.75 Å². The average molecular weight is 391 g/mol. The van der Waals surface area contributed by atoms with Gasteiger partial charge in [-0.3, -0.25) is 4.79 Å². The summed E-state index contributed by atoms with van der Waals surface area (Å²) in [6.07, 6.45) is 0. The fraction of sp³-hybridized carbons (Fsp3) is 0.350. The van der Waals surface area contributed by atoms with Crippen LogP contribution >= 0.6 is 0 Å². The van der Waals surface area contributed by atoms with Crippen LogP contribution in [0.4, 0.5) is 5.69 Å². The van der Waals surface area contributed by atoms with Crippen molar-refractivity contribution in [1.29, 1.82) is 0 Å². The minimum Gasteiger partial charge on any atom is -0.495 e. The quantitative estimate of drug-likeness (QED) is 0.816. The molecule has 0 aliphatic carbocycles. The number of anilines is 1. The number of sulfonamides is 1. The first-order chi connectivity index (χ1) is 12.4. The molecule has 1 amide bonds. The Morgan fingerprint density at radius 3 is 2.30 bits per heavy atom. The standard InChI is InChI=1S/C20H26N2O4S/c1-13-7-8-14(2)16(11-13)21-19(23)15-9-10-17(26-6)18(12-15)27(24,25)22-20(3,4)5/h7-12,22H,1-6H3,(H,21,23). The second-order valence-electron chi connectivity index (χ2n) is 7.49. The molecular weight excluding hydrogens is 364 g/mol. The maximum atomic E-state index is 12.7. The van der Waals surface area contributed by atoms with E-state index in [1.165, 1.54) is 25.3 Å². The summed E-state index contributed by atoms with van der Waals surface area (Å²) in [5, 5.41) is 2.84. The highest BCUT2D eigenvalue weighted by Crippen LogP contribution is 2.27. The number of hydrogen-bond acceptors (Lipinski definition) is 4. The molecule has 0 saturated carbocycles. The summed E-state index contributed by atoms with van der Waals surface area (Å²) in [7, 11) is -2.47. The van der Waals surface area contributed by atoms with Crippen molar-refractivity contribution in [3.63, 3.8) is 0 Å². The SMILES string of the molecule is COc1ccc(C(=O)Nc2cc(C)ccc2C)cc1S(=O)(=O)NC(C)(C)C. The fourth-order valence-corrected chi connectivity index (χ4v) is 4.17. The molecule has 0 fully saturated rings. The highest BCUT2D eigenvalue weighted by Gasteiger charge is 2.26. The molecule has 0 atom stereocenters. The van der Waals surface area contributed by atoms with E-state index in [1.807, 2.05) is 32.0 Å². The van der Waals surface area contributed by atoms with Crippen molar-refractivity contribution in [3.05, 3.63) is 53.1 Å². The Morgan fingerprint density at radius 1 is 1.04 bits per heavy atom. The summed E-state index contributed by atoms with van der Waals surface area (Å²) >= 11 is 0. The first-order valence-electron chi connectivity index (χ1n) is 8.53. The number of nitrogens with one attached hydrogen (secondary N) is 2. The normalized spacial score (nSPS) is 11.9. The summed E-state index contributed by atoms with van der Waals surface area (Å²) in [5.41, 5.74) is 2.19. The summed E-state index contributed by atoms with van der Waals surface area (Å²) in [6.45, 7) is 9.06. The molecule has 2 N–H and O–H groups in total. The predicted molar refractivity (Wildman–Crippen MR) is 107 cm³/mol. The minimum atomic E-state index is -3.86. The van der Waals surface area contributed by atoms with Crippen molar-refractivity contribution in [1.82, 2.24) is 4.72 Å². The third-order valence-electron chi connectivity index (χ3n) is 3.80. The van der Waals surface area contributed by atoms with E-state index in [0.29, 0.717) is 5.69 Å². The third kappa shape index (κ3) is 5.30. The van der Waals surface area contributed by atoms with E-state index in [0.717, 1.165) is 11.1 Å². The Bertz CT molecular complexity index is 960. The molecule has 2 aromatic carbocycles. The van der Waals surface area contributed by atoms with Crippen LogP contribution in [-0.2, 0) is 10.0 Å². The Kier molecular flexibility index (Phi) is 5.97. The topological polar surface area (TPSA) is 84.5 Å². The van der Waals surface area contributed by atoms with E-state index in [1.54, 1.807) is 20.8 Å². The molecule has 7 heteroatoms. The van der Waals surface area contributed by atoms with Gasteiger partial charge in [-0.1, -0.05) is 12.1 Å². The van der Waals surface area contributed by atoms with Gasteiger partial charge in [0.05, 0.1) is 7.11 Å². The van der Waals surface area contributed by atoms with Crippen molar-refractivity contribution in [2.75, 3.05) is 12.4 Å². The van der Waals surface area contributed by atoms with Gasteiger partial charge in [0.15, 0.2) is 0 Å². The maximum absolute atomic E-state index is 12.7. The molecule has 0 unspecified atom stereocenters. The molecule has 0 spiro atoms. The van der Waals surface area contributed by atoms with E-state index < -0.39 is 21.5 Å². The Morgan fingerprint density at radius 2 is 1.70 bits per heavy atom. The van der Waals surface area contributed by atoms with Gasteiger partial charge in [-0.05, 0) is 70.0 Å². The largest absolute Gasteiger partial charge is 0.495 e. The van der Waals surface area contributed by atoms with Gasteiger partial charge in [0.2, 0.25) is 10.0 Å². The van der Waals surface area contributed by atoms with Gasteiger partial charge < -0.3 is 10.1 Å². The van der Waals surface area contributed by atoms with Crippen LogP contribution in [0.15, 0.2) is 41.3 Å². The van der Waals surface area contributed by atoms with E-state index in [9.17, 15) is 13.2 Å². The number of aryl methyl sites for hydroxylation is 2. The number of hydrogen-bond donors (Lipinski definition) is 2. The molecule has 2 aromatic rings. The smallest absolute Gasteiger partial charge is 0.255 e. The Balaban J connectivity index is 2.41. The molecular formula is C20H26N2O4S. The van der Waals surface area contributed by atoms with Crippen LogP contribution in [0, 0.1) is 13.8 Å². The average Bonchev–Trinajstić information content (AvgIpc) is 2.55. The van der Waals surface area contributed by atoms with Crippen LogP contribution in [0.3, 0.4) is 0 Å². The zero-order chi connectivity index (χ0) is 20.4. The molecule has 0 saturated heterocycles. The lowest BCUT2D eigenvalue weighted by Crippen LogP contribution is -2.40. The van der Waals surface area contributed by atoms with E-state index in [4.69, 9.17) is 4.74 Å². The van der Waals surface area contributed by atoms with Gasteiger partial charge in [-0.15, -0.1) is 0 Å². The van der Waals surface area contributed by atoms with E-state index in [-0.39, 0.29) is 16.2 Å². The van der Waals surface area contributed by atoms with Crippen LogP contribution in [0.5, 0.6) is 5.75 Å². The molecule has 0 aliphatic rings. The van der Waals surface area contributed by atoms with E-state index in [2.05, 4.69) is 10.0 Å². The Hall–Kier alpha value is -2.38. The molecule has 0 radical (unpaired) electrons. The lowest BCUT2D eigenvalue weighted by Gasteiger charge is -2.21. The monoisotopic (exact) mass is 390 g/mol. The second-order valence-corrected chi connectivity index (χ2v) is 9.14. The van der Waals surface area contributed by atoms with Crippen LogP contribution in [0.1, 0.15) is 42.3 Å². The number of amides is 1. The van der Waals surface area contributed by atoms with Crippen LogP contribution in [0.2, 0.25) is 0 Å². The molecule has 0 aliphatic heterocycles. The number of benzene rings is 2. The summed E-state index contributed by atoms with van der Waals surface area (Å²) < 4.78 is 33.2. The third-order valence-corrected chi connectivity index (χ3v) is 5.58. The molecule has 27 heavy (non-hydrogen) atoms. The first-order valence-corrected chi connectivity index (χ1v) is 10.0. The maximum Gasteiger partial charge on any atom is 0.255 e. The van der Waals surface area contributed by atoms with Crippen LogP contribution in [-0.4, -0.2) is 27.0 Å². The zero-order valence-electron chi connectivity index (χ0n) is 16.5. The highest BCUT2D eigenvalue weighted by molar-refractivity contribution is 7.89. The fourth-order valence-electron chi connectivity index (χ4n) is 2.55. The number of rotatable bonds is 5. The molecule has 146 valence electrons. The van der Waals surface area contributed by atoms with Crippen molar-refractivity contribution in [2.24, 2.45) is 0 Å².